The Hall–Kier alpha value is -1.55. The monoisotopic (exact) mass is 291 g/mol. The first-order valence-corrected chi connectivity index (χ1v) is 7.73. The average molecular weight is 291 g/mol. The molecule has 2 N–H and O–H groups in total. The molecule has 116 valence electrons. The summed E-state index contributed by atoms with van der Waals surface area (Å²) < 4.78 is 5.83. The number of hydrogen-bond acceptors (Lipinski definition) is 3. The number of fused-ring (bicyclic) bond motifs is 1. The van der Waals surface area contributed by atoms with E-state index in [-0.39, 0.29) is 5.91 Å². The molecule has 1 aliphatic carbocycles. The minimum atomic E-state index is -0.533. The number of carbonyl (C=O) groups excluding carboxylic acids is 1. The molecule has 0 fully saturated rings. The minimum Gasteiger partial charge on any atom is -0.481 e. The molecule has 4 nitrogen and oxygen atoms in total. The van der Waals surface area contributed by atoms with E-state index in [1.54, 1.807) is 6.92 Å². The van der Waals surface area contributed by atoms with Crippen molar-refractivity contribution >= 4 is 5.91 Å². The van der Waals surface area contributed by atoms with Crippen molar-refractivity contribution < 1.29 is 14.6 Å². The molecule has 2 atom stereocenters. The lowest BCUT2D eigenvalue weighted by atomic mass is 9.89. The zero-order valence-electron chi connectivity index (χ0n) is 13.1. The summed E-state index contributed by atoms with van der Waals surface area (Å²) in [5, 5.41) is 12.9. The third kappa shape index (κ3) is 3.97. The van der Waals surface area contributed by atoms with Gasteiger partial charge in [-0.25, -0.2) is 0 Å². The molecule has 0 bridgehead atoms. The van der Waals surface area contributed by atoms with Gasteiger partial charge in [0.25, 0.3) is 5.91 Å². The van der Waals surface area contributed by atoms with Crippen LogP contribution in [-0.4, -0.2) is 23.7 Å². The largest absolute Gasteiger partial charge is 0.481 e. The van der Waals surface area contributed by atoms with Crippen LogP contribution in [0, 0.1) is 5.92 Å². The van der Waals surface area contributed by atoms with Gasteiger partial charge in [0, 0.05) is 6.54 Å². The fourth-order valence-electron chi connectivity index (χ4n) is 2.59. The minimum absolute atomic E-state index is 0.0994. The number of nitrogens with one attached hydrogen (secondary N) is 1. The van der Waals surface area contributed by atoms with Crippen molar-refractivity contribution in [3.63, 3.8) is 0 Å². The Bertz CT molecular complexity index is 499. The van der Waals surface area contributed by atoms with Gasteiger partial charge in [-0.15, -0.1) is 0 Å². The van der Waals surface area contributed by atoms with Crippen LogP contribution in [0.5, 0.6) is 5.75 Å². The van der Waals surface area contributed by atoms with E-state index < -0.39 is 12.2 Å². The Labute approximate surface area is 126 Å². The van der Waals surface area contributed by atoms with Gasteiger partial charge in [-0.2, -0.15) is 0 Å². The van der Waals surface area contributed by atoms with Crippen LogP contribution in [-0.2, 0) is 11.2 Å². The number of aliphatic hydroxyl groups is 1. The molecule has 2 rings (SSSR count). The Kier molecular flexibility index (Phi) is 5.23. The molecule has 1 aliphatic rings. The van der Waals surface area contributed by atoms with Crippen molar-refractivity contribution in [3.05, 3.63) is 29.3 Å². The Morgan fingerprint density at radius 2 is 2.19 bits per heavy atom. The summed E-state index contributed by atoms with van der Waals surface area (Å²) in [4.78, 5) is 12.0. The first kappa shape index (κ1) is 15.8. The van der Waals surface area contributed by atoms with Gasteiger partial charge in [-0.1, -0.05) is 26.0 Å². The van der Waals surface area contributed by atoms with Crippen molar-refractivity contribution in [1.29, 1.82) is 0 Å². The Morgan fingerprint density at radius 3 is 2.90 bits per heavy atom. The summed E-state index contributed by atoms with van der Waals surface area (Å²) >= 11 is 0. The standard InChI is InChI=1S/C17H25NO3/c1-11(2)10-18-17(20)12(3)21-16-9-5-6-13-14(16)7-4-8-15(13)19/h5-6,9,11-12,15,19H,4,7-8,10H2,1-3H3,(H,18,20). The highest BCUT2D eigenvalue weighted by molar-refractivity contribution is 5.80. The fourth-order valence-corrected chi connectivity index (χ4v) is 2.59. The van der Waals surface area contributed by atoms with Crippen molar-refractivity contribution in [2.24, 2.45) is 5.92 Å². The second-order valence-corrected chi connectivity index (χ2v) is 6.13. The lowest BCUT2D eigenvalue weighted by Gasteiger charge is -2.25. The highest BCUT2D eigenvalue weighted by atomic mass is 16.5. The summed E-state index contributed by atoms with van der Waals surface area (Å²) in [6.45, 7) is 6.52. The van der Waals surface area contributed by atoms with E-state index in [0.29, 0.717) is 12.5 Å². The van der Waals surface area contributed by atoms with Crippen LogP contribution in [0.2, 0.25) is 0 Å². The zero-order chi connectivity index (χ0) is 15.4. The van der Waals surface area contributed by atoms with Gasteiger partial charge >= 0.3 is 0 Å². The van der Waals surface area contributed by atoms with E-state index in [1.807, 2.05) is 18.2 Å². The van der Waals surface area contributed by atoms with Gasteiger partial charge in [0.05, 0.1) is 6.10 Å². The van der Waals surface area contributed by atoms with Gasteiger partial charge in [0.1, 0.15) is 5.75 Å². The molecule has 1 aromatic rings. The number of rotatable bonds is 5. The first-order chi connectivity index (χ1) is 9.99. The highest BCUT2D eigenvalue weighted by Crippen LogP contribution is 2.35. The Balaban J connectivity index is 2.06. The maximum Gasteiger partial charge on any atom is 0.260 e. The topological polar surface area (TPSA) is 58.6 Å². The lowest BCUT2D eigenvalue weighted by Crippen LogP contribution is -2.38. The molecule has 21 heavy (non-hydrogen) atoms. The molecule has 0 saturated carbocycles. The third-order valence-electron chi connectivity index (χ3n) is 3.79. The molecule has 1 amide bonds. The second kappa shape index (κ2) is 6.94. The molecule has 0 aliphatic heterocycles. The predicted molar refractivity (Wildman–Crippen MR) is 82.3 cm³/mol. The summed E-state index contributed by atoms with van der Waals surface area (Å²) in [7, 11) is 0. The summed E-state index contributed by atoms with van der Waals surface area (Å²) in [6.07, 6.45) is 1.68. The molecular weight excluding hydrogens is 266 g/mol. The number of carbonyl (C=O) groups is 1. The van der Waals surface area contributed by atoms with Crippen LogP contribution in [0.3, 0.4) is 0 Å². The number of aliphatic hydroxyl groups excluding tert-OH is 1. The molecule has 0 radical (unpaired) electrons. The van der Waals surface area contributed by atoms with Crippen LogP contribution in [0.15, 0.2) is 18.2 Å². The zero-order valence-corrected chi connectivity index (χ0v) is 13.1. The summed E-state index contributed by atoms with van der Waals surface area (Å²) in [6, 6.07) is 5.69. The van der Waals surface area contributed by atoms with Gasteiger partial charge < -0.3 is 15.2 Å². The third-order valence-corrected chi connectivity index (χ3v) is 3.79. The molecule has 1 aromatic carbocycles. The average Bonchev–Trinajstić information content (AvgIpc) is 2.45. The van der Waals surface area contributed by atoms with Crippen molar-refractivity contribution in [2.75, 3.05) is 6.54 Å². The van der Waals surface area contributed by atoms with E-state index in [0.717, 1.165) is 36.1 Å². The van der Waals surface area contributed by atoms with E-state index in [1.165, 1.54) is 0 Å². The molecule has 0 saturated heterocycles. The lowest BCUT2D eigenvalue weighted by molar-refractivity contribution is -0.127. The molecule has 0 aromatic heterocycles. The molecule has 2 unspecified atom stereocenters. The quantitative estimate of drug-likeness (QED) is 0.876. The smallest absolute Gasteiger partial charge is 0.260 e. The van der Waals surface area contributed by atoms with Crippen LogP contribution in [0.4, 0.5) is 0 Å². The van der Waals surface area contributed by atoms with Crippen LogP contribution < -0.4 is 10.1 Å². The van der Waals surface area contributed by atoms with E-state index in [2.05, 4.69) is 19.2 Å². The number of ether oxygens (including phenoxy) is 1. The van der Waals surface area contributed by atoms with Crippen molar-refractivity contribution in [1.82, 2.24) is 5.32 Å². The normalized spacial score (nSPS) is 19.0. The predicted octanol–water partition coefficient (Wildman–Crippen LogP) is 2.60. The Morgan fingerprint density at radius 1 is 1.43 bits per heavy atom. The van der Waals surface area contributed by atoms with Crippen LogP contribution >= 0.6 is 0 Å². The van der Waals surface area contributed by atoms with Crippen molar-refractivity contribution in [2.45, 2.75) is 52.2 Å². The molecule has 4 heteroatoms. The summed E-state index contributed by atoms with van der Waals surface area (Å²) in [5.74, 6) is 1.04. The maximum absolute atomic E-state index is 12.0. The van der Waals surface area contributed by atoms with E-state index in [4.69, 9.17) is 4.74 Å². The van der Waals surface area contributed by atoms with Gasteiger partial charge in [-0.05, 0) is 49.3 Å². The number of hydrogen-bond donors (Lipinski definition) is 2. The summed E-state index contributed by atoms with van der Waals surface area (Å²) in [5.41, 5.74) is 1.98. The number of benzene rings is 1. The van der Waals surface area contributed by atoms with E-state index >= 15 is 0 Å². The molecule has 0 heterocycles. The second-order valence-electron chi connectivity index (χ2n) is 6.13. The first-order valence-electron chi connectivity index (χ1n) is 7.73. The van der Waals surface area contributed by atoms with Gasteiger partial charge in [0.15, 0.2) is 6.10 Å². The van der Waals surface area contributed by atoms with Crippen LogP contribution in [0.1, 0.15) is 50.8 Å². The number of amides is 1. The SMILES string of the molecule is CC(C)CNC(=O)C(C)Oc1cccc2c1CCCC2O. The maximum atomic E-state index is 12.0. The molecular formula is C17H25NO3. The van der Waals surface area contributed by atoms with Crippen LogP contribution in [0.25, 0.3) is 0 Å². The highest BCUT2D eigenvalue weighted by Gasteiger charge is 2.23. The van der Waals surface area contributed by atoms with E-state index in [9.17, 15) is 9.90 Å². The van der Waals surface area contributed by atoms with Gasteiger partial charge in [0.2, 0.25) is 0 Å². The molecule has 0 spiro atoms. The fraction of sp³-hybridized carbons (Fsp3) is 0.588. The van der Waals surface area contributed by atoms with Gasteiger partial charge in [-0.3, -0.25) is 4.79 Å². The van der Waals surface area contributed by atoms with Crippen molar-refractivity contribution in [3.8, 4) is 5.75 Å².